The first-order chi connectivity index (χ1) is 34.9. The van der Waals surface area contributed by atoms with Crippen LogP contribution in [0.2, 0.25) is 5.02 Å². The summed E-state index contributed by atoms with van der Waals surface area (Å²) in [6.07, 6.45) is 5.42. The van der Waals surface area contributed by atoms with Crippen LogP contribution in [0.5, 0.6) is 0 Å². The number of aromatic nitrogens is 5. The second-order valence-corrected chi connectivity index (χ2v) is 19.1. The highest BCUT2D eigenvalue weighted by Crippen LogP contribution is 2.41. The van der Waals surface area contributed by atoms with Crippen LogP contribution in [0.15, 0.2) is 73.2 Å². The zero-order valence-electron chi connectivity index (χ0n) is 40.9. The van der Waals surface area contributed by atoms with Gasteiger partial charge in [-0.1, -0.05) is 11.6 Å². The first kappa shape index (κ1) is 49.2. The highest BCUT2D eigenvalue weighted by atomic mass is 35.5. The summed E-state index contributed by atoms with van der Waals surface area (Å²) in [5.41, 5.74) is 6.71. The number of fused-ring (bicyclic) bond motifs is 2. The smallest absolute Gasteiger partial charge is 0.152 e. The molecule has 0 radical (unpaired) electrons. The van der Waals surface area contributed by atoms with Crippen LogP contribution in [0.25, 0.3) is 44.3 Å². The van der Waals surface area contributed by atoms with Crippen molar-refractivity contribution in [1.82, 2.24) is 34.7 Å². The van der Waals surface area contributed by atoms with Gasteiger partial charge in [-0.3, -0.25) is 0 Å². The minimum Gasteiger partial charge on any atom is -0.378 e. The number of anilines is 6. The van der Waals surface area contributed by atoms with E-state index in [0.717, 1.165) is 123 Å². The molecule has 0 spiro atoms. The fourth-order valence-electron chi connectivity index (χ4n) is 9.68. The SMILES string of the molecule is Cc1c(-c2ccc(N3CCN(C)CC3)nc2)nc2cc(F)cc(F)c2c1Cl.Cc1c(-c2ccc(N3CCN(C)CC3)nc2)nc2cc(F)cc(F)c2c1Nc1cc(N2CCOCC2)cnc1N1CCOCC1. The van der Waals surface area contributed by atoms with Gasteiger partial charge in [-0.2, -0.15) is 0 Å². The van der Waals surface area contributed by atoms with E-state index in [-0.39, 0.29) is 26.8 Å². The monoisotopic (exact) mass is 1000 g/mol. The van der Waals surface area contributed by atoms with Crippen molar-refractivity contribution in [3.8, 4) is 22.5 Å². The summed E-state index contributed by atoms with van der Waals surface area (Å²) in [6, 6.07) is 14.1. The van der Waals surface area contributed by atoms with Crippen LogP contribution in [0.1, 0.15) is 11.1 Å². The van der Waals surface area contributed by atoms with Gasteiger partial charge in [-0.15, -0.1) is 0 Å². The normalized spacial score (nSPS) is 17.1. The zero-order chi connectivity index (χ0) is 50.0. The summed E-state index contributed by atoms with van der Waals surface area (Å²) in [5.74, 6) is -0.176. The minimum absolute atomic E-state index is 0.140. The molecule has 0 unspecified atom stereocenters. The summed E-state index contributed by atoms with van der Waals surface area (Å²) in [5, 5.41) is 4.17. The van der Waals surface area contributed by atoms with Gasteiger partial charge in [-0.25, -0.2) is 42.5 Å². The molecule has 72 heavy (non-hydrogen) atoms. The third kappa shape index (κ3) is 10.4. The van der Waals surface area contributed by atoms with Gasteiger partial charge < -0.3 is 44.2 Å². The number of morpholine rings is 2. The average Bonchev–Trinajstić information content (AvgIpc) is 3.39. The third-order valence-electron chi connectivity index (χ3n) is 13.9. The predicted molar refractivity (Wildman–Crippen MR) is 277 cm³/mol. The van der Waals surface area contributed by atoms with E-state index in [1.54, 1.807) is 19.3 Å². The van der Waals surface area contributed by atoms with Crippen LogP contribution in [0.3, 0.4) is 0 Å². The first-order valence-electron chi connectivity index (χ1n) is 24.3. The molecule has 4 aliphatic rings. The van der Waals surface area contributed by atoms with E-state index >= 15 is 4.39 Å². The Labute approximate surface area is 421 Å². The number of rotatable bonds is 8. The molecule has 4 fully saturated rings. The molecule has 0 amide bonds. The highest BCUT2D eigenvalue weighted by Gasteiger charge is 2.25. The van der Waals surface area contributed by atoms with Crippen LogP contribution in [0.4, 0.5) is 52.1 Å². The predicted octanol–water partition coefficient (Wildman–Crippen LogP) is 8.74. The number of likely N-dealkylation sites (N-methyl/N-ethyl adjacent to an activating group) is 2. The molecule has 0 saturated carbocycles. The van der Waals surface area contributed by atoms with Gasteiger partial charge in [0.2, 0.25) is 0 Å². The maximum atomic E-state index is 15.6. The Morgan fingerprint density at radius 3 is 1.53 bits per heavy atom. The van der Waals surface area contributed by atoms with Gasteiger partial charge in [0.05, 0.1) is 87.9 Å². The molecule has 0 bridgehead atoms. The van der Waals surface area contributed by atoms with E-state index in [1.165, 1.54) is 12.1 Å². The number of piperazine rings is 2. The number of hydrogen-bond acceptors (Lipinski definition) is 14. The van der Waals surface area contributed by atoms with Gasteiger partial charge in [-0.05, 0) is 69.4 Å². The molecule has 14 nitrogen and oxygen atoms in total. The zero-order valence-corrected chi connectivity index (χ0v) is 41.6. The summed E-state index contributed by atoms with van der Waals surface area (Å²) < 4.78 is 69.1. The van der Waals surface area contributed by atoms with Crippen molar-refractivity contribution in [2.24, 2.45) is 0 Å². The summed E-state index contributed by atoms with van der Waals surface area (Å²) in [6.45, 7) is 16.7. The van der Waals surface area contributed by atoms with Crippen LogP contribution < -0.4 is 24.9 Å². The van der Waals surface area contributed by atoms with E-state index in [4.69, 9.17) is 36.0 Å². The molecule has 1 N–H and O–H groups in total. The molecule has 5 aromatic heterocycles. The van der Waals surface area contributed by atoms with Gasteiger partial charge in [0.15, 0.2) is 5.82 Å². The van der Waals surface area contributed by atoms with Crippen molar-refractivity contribution in [3.05, 3.63) is 113 Å². The lowest BCUT2D eigenvalue weighted by Gasteiger charge is -2.33. The minimum atomic E-state index is -0.708. The molecular weight excluding hydrogens is 948 g/mol. The third-order valence-corrected chi connectivity index (χ3v) is 14.4. The largest absolute Gasteiger partial charge is 0.378 e. The first-order valence-corrected chi connectivity index (χ1v) is 24.7. The fourth-order valence-corrected chi connectivity index (χ4v) is 9.95. The average molecular weight is 1010 g/mol. The Morgan fingerprint density at radius 2 is 1.01 bits per heavy atom. The van der Waals surface area contributed by atoms with Gasteiger partial charge >= 0.3 is 0 Å². The van der Waals surface area contributed by atoms with Crippen molar-refractivity contribution in [2.75, 3.05) is 144 Å². The van der Waals surface area contributed by atoms with Crippen LogP contribution in [0, 0.1) is 37.1 Å². The number of halogens is 5. The van der Waals surface area contributed by atoms with Crippen molar-refractivity contribution >= 4 is 67.9 Å². The molecule has 19 heteroatoms. The van der Waals surface area contributed by atoms with Gasteiger partial charge in [0, 0.05) is 126 Å². The maximum absolute atomic E-state index is 15.6. The molecule has 376 valence electrons. The quantitative estimate of drug-likeness (QED) is 0.146. The summed E-state index contributed by atoms with van der Waals surface area (Å²) in [4.78, 5) is 37.0. The lowest BCUT2D eigenvalue weighted by Crippen LogP contribution is -2.44. The standard InChI is InChI=1S/C33H38F2N8O2.C20H19ClF2N4/c1-22-31(23-3-4-29(36-20-23)42-7-5-40(2)6-8-42)38-27-18-24(34)17-26(35)30(27)32(22)39-28-19-25(41-9-13-44-14-10-41)21-37-33(28)43-11-15-45-16-12-43;1-12-19(21)18-15(23)9-14(22)10-16(18)25-20(12)13-3-4-17(24-11-13)27-7-5-26(2)6-8-27/h3-4,17-21H,5-16H2,1-2H3,(H,38,39);3-4,9-11H,5-8H2,1-2H3. The van der Waals surface area contributed by atoms with Crippen LogP contribution in [-0.2, 0) is 9.47 Å². The topological polar surface area (TPSA) is 114 Å². The highest BCUT2D eigenvalue weighted by molar-refractivity contribution is 6.36. The lowest BCUT2D eigenvalue weighted by molar-refractivity contribution is 0.122. The van der Waals surface area contributed by atoms with Gasteiger partial charge in [0.25, 0.3) is 0 Å². The molecule has 9 heterocycles. The van der Waals surface area contributed by atoms with Crippen molar-refractivity contribution in [2.45, 2.75) is 13.8 Å². The Balaban J connectivity index is 0.000000188. The number of benzene rings is 2. The molecular formula is C53H57ClF4N12O2. The lowest BCUT2D eigenvalue weighted by atomic mass is 10.0. The molecule has 7 aromatic rings. The molecule has 2 aromatic carbocycles. The van der Waals surface area contributed by atoms with E-state index in [0.29, 0.717) is 62.2 Å². The Hall–Kier alpha value is -6.44. The van der Waals surface area contributed by atoms with Crippen LogP contribution >= 0.6 is 11.6 Å². The number of nitrogens with zero attached hydrogens (tertiary/aromatic N) is 11. The maximum Gasteiger partial charge on any atom is 0.152 e. The molecule has 0 atom stereocenters. The van der Waals surface area contributed by atoms with Crippen molar-refractivity contribution in [1.29, 1.82) is 0 Å². The van der Waals surface area contributed by atoms with Crippen LogP contribution in [-0.4, -0.2) is 154 Å². The molecule has 4 saturated heterocycles. The number of pyridine rings is 5. The van der Waals surface area contributed by atoms with E-state index in [9.17, 15) is 13.2 Å². The second kappa shape index (κ2) is 21.3. The van der Waals surface area contributed by atoms with E-state index in [2.05, 4.69) is 64.8 Å². The Kier molecular flexibility index (Phi) is 14.6. The number of nitrogens with one attached hydrogen (secondary N) is 1. The number of ether oxygens (including phenoxy) is 2. The summed E-state index contributed by atoms with van der Waals surface area (Å²) >= 11 is 6.37. The Bertz CT molecular complexity index is 3070. The van der Waals surface area contributed by atoms with E-state index < -0.39 is 23.3 Å². The molecule has 11 rings (SSSR count). The summed E-state index contributed by atoms with van der Waals surface area (Å²) in [7, 11) is 4.23. The molecule has 0 aliphatic carbocycles. The number of hydrogen-bond donors (Lipinski definition) is 1. The van der Waals surface area contributed by atoms with Crippen molar-refractivity contribution < 1.29 is 27.0 Å². The fraction of sp³-hybridized carbons (Fsp3) is 0.377. The van der Waals surface area contributed by atoms with E-state index in [1.807, 2.05) is 37.4 Å². The second-order valence-electron chi connectivity index (χ2n) is 18.7. The Morgan fingerprint density at radius 1 is 0.528 bits per heavy atom. The molecule has 4 aliphatic heterocycles. The van der Waals surface area contributed by atoms with Crippen molar-refractivity contribution in [3.63, 3.8) is 0 Å². The van der Waals surface area contributed by atoms with Gasteiger partial charge in [0.1, 0.15) is 34.9 Å².